The first-order chi connectivity index (χ1) is 11.2. The van der Waals surface area contributed by atoms with Gasteiger partial charge in [0, 0.05) is 45.8 Å². The number of nitrogens with one attached hydrogen (secondary N) is 1. The molecule has 0 unspecified atom stereocenters. The van der Waals surface area contributed by atoms with Crippen molar-refractivity contribution in [1.29, 1.82) is 0 Å². The lowest BCUT2D eigenvalue weighted by Gasteiger charge is -2.37. The van der Waals surface area contributed by atoms with E-state index in [1.54, 1.807) is 0 Å². The van der Waals surface area contributed by atoms with E-state index in [1.807, 2.05) is 0 Å². The van der Waals surface area contributed by atoms with Crippen LogP contribution in [0.15, 0.2) is 16.6 Å². The van der Waals surface area contributed by atoms with Crippen molar-refractivity contribution < 1.29 is 4.74 Å². The molecule has 1 fully saturated rings. The molecule has 2 rings (SSSR count). The van der Waals surface area contributed by atoms with Crippen LogP contribution in [-0.4, -0.2) is 74.8 Å². The third-order valence-corrected chi connectivity index (χ3v) is 4.38. The molecule has 0 atom stereocenters. The summed E-state index contributed by atoms with van der Waals surface area (Å²) in [7, 11) is 0. The normalized spacial score (nSPS) is 20.8. The highest BCUT2D eigenvalue weighted by Crippen LogP contribution is 2.12. The lowest BCUT2D eigenvalue weighted by molar-refractivity contribution is 0.153. The number of hydrogen-bond donors (Lipinski definition) is 1. The molecule has 2 heterocycles. The Morgan fingerprint density at radius 2 is 2.09 bits per heavy atom. The molecule has 0 aromatic rings. The van der Waals surface area contributed by atoms with Gasteiger partial charge in [-0.2, -0.15) is 0 Å². The van der Waals surface area contributed by atoms with Crippen LogP contribution in [0.25, 0.3) is 0 Å². The number of hydrogen-bond acceptors (Lipinski definition) is 3. The Balaban J connectivity index is 1.80. The summed E-state index contributed by atoms with van der Waals surface area (Å²) in [6.45, 7) is 15.8. The predicted molar refractivity (Wildman–Crippen MR) is 97.0 cm³/mol. The van der Waals surface area contributed by atoms with Crippen LogP contribution in [0.3, 0.4) is 0 Å². The maximum absolute atomic E-state index is 5.36. The summed E-state index contributed by atoms with van der Waals surface area (Å²) in [6.07, 6.45) is 4.35. The van der Waals surface area contributed by atoms with Crippen LogP contribution in [-0.2, 0) is 4.74 Å². The second-order valence-corrected chi connectivity index (χ2v) is 6.85. The van der Waals surface area contributed by atoms with Crippen molar-refractivity contribution in [2.24, 2.45) is 10.9 Å². The van der Waals surface area contributed by atoms with E-state index in [0.717, 1.165) is 77.2 Å². The van der Waals surface area contributed by atoms with Crippen LogP contribution in [0, 0.1) is 5.92 Å². The SMILES string of the molecule is CCNC(=NCCC1=CCOCC1)N1CCN(CC(C)C)CC1. The van der Waals surface area contributed by atoms with Gasteiger partial charge < -0.3 is 15.0 Å². The molecule has 2 aliphatic rings. The lowest BCUT2D eigenvalue weighted by atomic mass is 10.1. The van der Waals surface area contributed by atoms with Crippen molar-refractivity contribution in [3.8, 4) is 0 Å². The summed E-state index contributed by atoms with van der Waals surface area (Å²) < 4.78 is 5.36. The fraction of sp³-hybridized carbons (Fsp3) is 0.833. The number of guanidine groups is 1. The highest BCUT2D eigenvalue weighted by molar-refractivity contribution is 5.80. The summed E-state index contributed by atoms with van der Waals surface area (Å²) in [5, 5.41) is 3.46. The summed E-state index contributed by atoms with van der Waals surface area (Å²) in [5.41, 5.74) is 1.50. The summed E-state index contributed by atoms with van der Waals surface area (Å²) in [5.74, 6) is 1.83. The quantitative estimate of drug-likeness (QED) is 0.461. The van der Waals surface area contributed by atoms with Crippen molar-refractivity contribution in [2.75, 3.05) is 59.0 Å². The fourth-order valence-corrected chi connectivity index (χ4v) is 3.18. The van der Waals surface area contributed by atoms with Gasteiger partial charge in [0.1, 0.15) is 0 Å². The van der Waals surface area contributed by atoms with E-state index >= 15 is 0 Å². The van der Waals surface area contributed by atoms with Gasteiger partial charge in [-0.25, -0.2) is 0 Å². The average Bonchev–Trinajstić information content (AvgIpc) is 2.55. The zero-order valence-corrected chi connectivity index (χ0v) is 15.2. The summed E-state index contributed by atoms with van der Waals surface area (Å²) in [4.78, 5) is 9.83. The van der Waals surface area contributed by atoms with E-state index in [0.29, 0.717) is 0 Å². The van der Waals surface area contributed by atoms with Crippen LogP contribution in [0.1, 0.15) is 33.6 Å². The second-order valence-electron chi connectivity index (χ2n) is 6.85. The van der Waals surface area contributed by atoms with Crippen LogP contribution < -0.4 is 5.32 Å². The lowest BCUT2D eigenvalue weighted by Crippen LogP contribution is -2.53. The minimum absolute atomic E-state index is 0.746. The first kappa shape index (κ1) is 18.3. The van der Waals surface area contributed by atoms with E-state index in [4.69, 9.17) is 9.73 Å². The minimum Gasteiger partial charge on any atom is -0.377 e. The Morgan fingerprint density at radius 1 is 1.30 bits per heavy atom. The van der Waals surface area contributed by atoms with Gasteiger partial charge >= 0.3 is 0 Å². The molecule has 2 aliphatic heterocycles. The van der Waals surface area contributed by atoms with Crippen LogP contribution in [0.5, 0.6) is 0 Å². The maximum atomic E-state index is 5.36. The fourth-order valence-electron chi connectivity index (χ4n) is 3.18. The predicted octanol–water partition coefficient (Wildman–Crippen LogP) is 1.96. The highest BCUT2D eigenvalue weighted by atomic mass is 16.5. The van der Waals surface area contributed by atoms with Gasteiger partial charge in [-0.3, -0.25) is 9.89 Å². The molecule has 1 N–H and O–H groups in total. The molecular formula is C18H34N4O. The average molecular weight is 322 g/mol. The van der Waals surface area contributed by atoms with Crippen molar-refractivity contribution >= 4 is 5.96 Å². The Kier molecular flexibility index (Phi) is 7.89. The molecule has 0 saturated carbocycles. The molecule has 5 heteroatoms. The Labute approximate surface area is 141 Å². The molecule has 0 radical (unpaired) electrons. The van der Waals surface area contributed by atoms with Gasteiger partial charge in [0.25, 0.3) is 0 Å². The van der Waals surface area contributed by atoms with E-state index in [1.165, 1.54) is 12.1 Å². The maximum Gasteiger partial charge on any atom is 0.194 e. The molecular weight excluding hydrogens is 288 g/mol. The molecule has 0 bridgehead atoms. The Morgan fingerprint density at radius 3 is 2.70 bits per heavy atom. The molecule has 0 spiro atoms. The first-order valence-electron chi connectivity index (χ1n) is 9.20. The van der Waals surface area contributed by atoms with E-state index in [9.17, 15) is 0 Å². The Bertz CT molecular complexity index is 398. The van der Waals surface area contributed by atoms with Crippen LogP contribution >= 0.6 is 0 Å². The zero-order valence-electron chi connectivity index (χ0n) is 15.2. The van der Waals surface area contributed by atoms with Crippen molar-refractivity contribution in [2.45, 2.75) is 33.6 Å². The van der Waals surface area contributed by atoms with Crippen LogP contribution in [0.2, 0.25) is 0 Å². The number of nitrogens with zero attached hydrogens (tertiary/aromatic N) is 3. The molecule has 0 aromatic carbocycles. The monoisotopic (exact) mass is 322 g/mol. The number of ether oxygens (including phenoxy) is 1. The third kappa shape index (κ3) is 6.51. The van der Waals surface area contributed by atoms with Gasteiger partial charge in [-0.1, -0.05) is 25.5 Å². The van der Waals surface area contributed by atoms with Crippen molar-refractivity contribution in [1.82, 2.24) is 15.1 Å². The van der Waals surface area contributed by atoms with Crippen LogP contribution in [0.4, 0.5) is 0 Å². The van der Waals surface area contributed by atoms with Crippen molar-refractivity contribution in [3.05, 3.63) is 11.6 Å². The molecule has 0 aliphatic carbocycles. The van der Waals surface area contributed by atoms with Crippen molar-refractivity contribution in [3.63, 3.8) is 0 Å². The molecule has 0 amide bonds. The zero-order chi connectivity index (χ0) is 16.5. The van der Waals surface area contributed by atoms with Gasteiger partial charge in [0.2, 0.25) is 0 Å². The molecule has 0 aromatic heterocycles. The van der Waals surface area contributed by atoms with Gasteiger partial charge in [0.05, 0.1) is 13.2 Å². The van der Waals surface area contributed by atoms with Gasteiger partial charge in [-0.05, 0) is 25.7 Å². The van der Waals surface area contributed by atoms with E-state index < -0.39 is 0 Å². The Hall–Kier alpha value is -1.07. The standard InChI is InChI=1S/C18H34N4O/c1-4-19-18(20-8-5-17-6-13-23-14-7-17)22-11-9-21(10-12-22)15-16(2)3/h6,16H,4-5,7-15H2,1-3H3,(H,19,20). The van der Waals surface area contributed by atoms with Gasteiger partial charge in [-0.15, -0.1) is 0 Å². The first-order valence-corrected chi connectivity index (χ1v) is 9.20. The summed E-state index contributed by atoms with van der Waals surface area (Å²) in [6, 6.07) is 0. The number of aliphatic imine (C=N–C) groups is 1. The smallest absolute Gasteiger partial charge is 0.194 e. The molecule has 23 heavy (non-hydrogen) atoms. The topological polar surface area (TPSA) is 40.1 Å². The second kappa shape index (κ2) is 9.93. The third-order valence-electron chi connectivity index (χ3n) is 4.38. The molecule has 5 nitrogen and oxygen atoms in total. The summed E-state index contributed by atoms with van der Waals surface area (Å²) >= 11 is 0. The highest BCUT2D eigenvalue weighted by Gasteiger charge is 2.19. The van der Waals surface area contributed by atoms with Gasteiger partial charge in [0.15, 0.2) is 5.96 Å². The molecule has 1 saturated heterocycles. The number of rotatable bonds is 6. The van der Waals surface area contributed by atoms with E-state index in [2.05, 4.69) is 42.0 Å². The van der Waals surface area contributed by atoms with E-state index in [-0.39, 0.29) is 0 Å². The minimum atomic E-state index is 0.746. The number of piperazine rings is 1. The largest absolute Gasteiger partial charge is 0.377 e. The molecule has 132 valence electrons.